The molecule has 20 heavy (non-hydrogen) atoms. The van der Waals surface area contributed by atoms with Crippen molar-refractivity contribution in [3.8, 4) is 0 Å². The Hall–Kier alpha value is -2.25. The fourth-order valence-electron chi connectivity index (χ4n) is 1.93. The summed E-state index contributed by atoms with van der Waals surface area (Å²) in [7, 11) is 1.57. The van der Waals surface area contributed by atoms with Crippen molar-refractivity contribution < 1.29 is 9.53 Å². The predicted molar refractivity (Wildman–Crippen MR) is 76.9 cm³/mol. The average molecular weight is 288 g/mol. The molecule has 102 valence electrons. The van der Waals surface area contributed by atoms with Gasteiger partial charge in [0.25, 0.3) is 5.91 Å². The van der Waals surface area contributed by atoms with Gasteiger partial charge in [-0.2, -0.15) is 4.37 Å². The minimum absolute atomic E-state index is 0.210. The van der Waals surface area contributed by atoms with Crippen molar-refractivity contribution in [2.45, 2.75) is 6.61 Å². The van der Waals surface area contributed by atoms with Crippen LogP contribution in [0.15, 0.2) is 30.5 Å². The van der Waals surface area contributed by atoms with Gasteiger partial charge in [-0.15, -0.1) is 0 Å². The molecular weight excluding hydrogens is 276 g/mol. The van der Waals surface area contributed by atoms with Gasteiger partial charge in [0, 0.05) is 30.2 Å². The number of anilines is 1. The van der Waals surface area contributed by atoms with E-state index in [1.54, 1.807) is 13.2 Å². The van der Waals surface area contributed by atoms with Crippen LogP contribution in [-0.4, -0.2) is 27.4 Å². The number of hydrogen-bond donors (Lipinski definition) is 2. The van der Waals surface area contributed by atoms with Gasteiger partial charge in [-0.25, -0.2) is 4.98 Å². The molecule has 0 spiro atoms. The molecule has 2 aromatic heterocycles. The summed E-state index contributed by atoms with van der Waals surface area (Å²) in [4.78, 5) is 19.5. The van der Waals surface area contributed by atoms with E-state index in [0.717, 1.165) is 22.4 Å². The molecule has 0 aliphatic carbocycles. The molecule has 0 radical (unpaired) electrons. The number of benzene rings is 1. The van der Waals surface area contributed by atoms with Gasteiger partial charge in [0.15, 0.2) is 5.82 Å². The summed E-state index contributed by atoms with van der Waals surface area (Å²) in [5.74, 6) is 0.351. The van der Waals surface area contributed by atoms with Gasteiger partial charge in [-0.3, -0.25) is 10.1 Å². The number of hydrogen-bond acceptors (Lipinski definition) is 5. The molecule has 1 amide bonds. The number of nitrogens with zero attached hydrogens (tertiary/aromatic N) is 2. The molecule has 1 aromatic carbocycles. The lowest BCUT2D eigenvalue weighted by molar-refractivity contribution is 0.102. The van der Waals surface area contributed by atoms with E-state index in [9.17, 15) is 4.79 Å². The first-order chi connectivity index (χ1) is 9.78. The number of carbonyl (C=O) groups excluding carboxylic acids is 1. The van der Waals surface area contributed by atoms with E-state index in [-0.39, 0.29) is 5.91 Å². The van der Waals surface area contributed by atoms with E-state index < -0.39 is 0 Å². The van der Waals surface area contributed by atoms with Gasteiger partial charge >= 0.3 is 0 Å². The molecule has 7 heteroatoms. The van der Waals surface area contributed by atoms with Gasteiger partial charge in [-0.1, -0.05) is 12.1 Å². The third kappa shape index (κ3) is 2.40. The number of para-hydroxylation sites is 1. The topological polar surface area (TPSA) is 79.9 Å². The first kappa shape index (κ1) is 12.8. The van der Waals surface area contributed by atoms with Crippen molar-refractivity contribution in [2.24, 2.45) is 0 Å². The van der Waals surface area contributed by atoms with Crippen molar-refractivity contribution in [3.63, 3.8) is 0 Å². The van der Waals surface area contributed by atoms with Crippen LogP contribution in [0.25, 0.3) is 10.9 Å². The van der Waals surface area contributed by atoms with Gasteiger partial charge in [0.2, 0.25) is 5.13 Å². The predicted octanol–water partition coefficient (Wildman–Crippen LogP) is 2.42. The summed E-state index contributed by atoms with van der Waals surface area (Å²) in [6, 6.07) is 7.49. The van der Waals surface area contributed by atoms with Crippen LogP contribution >= 0.6 is 11.5 Å². The Morgan fingerprint density at radius 2 is 2.35 bits per heavy atom. The fraction of sp³-hybridized carbons (Fsp3) is 0.154. The second kappa shape index (κ2) is 5.40. The molecule has 3 aromatic rings. The number of aromatic nitrogens is 3. The maximum absolute atomic E-state index is 12.3. The molecule has 6 nitrogen and oxygen atoms in total. The molecular formula is C13H12N4O2S. The number of H-pyrrole nitrogens is 1. The third-order valence-corrected chi connectivity index (χ3v) is 3.46. The molecule has 0 bridgehead atoms. The number of aromatic amines is 1. The summed E-state index contributed by atoms with van der Waals surface area (Å²) < 4.78 is 9.03. The SMILES string of the molecule is COCc1nsc(NC(=O)c2cccc3cc[nH]c23)n1. The Bertz CT molecular complexity index is 750. The zero-order valence-electron chi connectivity index (χ0n) is 10.7. The lowest BCUT2D eigenvalue weighted by Crippen LogP contribution is -2.12. The van der Waals surface area contributed by atoms with E-state index in [2.05, 4.69) is 19.7 Å². The maximum Gasteiger partial charge on any atom is 0.259 e. The fourth-order valence-corrected chi connectivity index (χ4v) is 2.50. The number of ether oxygens (including phenoxy) is 1. The lowest BCUT2D eigenvalue weighted by Gasteiger charge is -2.02. The van der Waals surface area contributed by atoms with Crippen LogP contribution in [0.4, 0.5) is 5.13 Å². The average Bonchev–Trinajstić information content (AvgIpc) is 3.07. The Morgan fingerprint density at radius 3 is 3.20 bits per heavy atom. The number of rotatable bonds is 4. The molecule has 0 saturated carbocycles. The highest BCUT2D eigenvalue weighted by Gasteiger charge is 2.13. The third-order valence-electron chi connectivity index (χ3n) is 2.79. The van der Waals surface area contributed by atoms with Crippen molar-refractivity contribution >= 4 is 33.5 Å². The molecule has 2 heterocycles. The molecule has 2 N–H and O–H groups in total. The molecule has 0 fully saturated rings. The van der Waals surface area contributed by atoms with E-state index in [1.165, 1.54) is 0 Å². The molecule has 0 unspecified atom stereocenters. The largest absolute Gasteiger partial charge is 0.377 e. The number of fused-ring (bicyclic) bond motifs is 1. The Balaban J connectivity index is 1.83. The van der Waals surface area contributed by atoms with Crippen LogP contribution in [0.3, 0.4) is 0 Å². The Morgan fingerprint density at radius 1 is 1.45 bits per heavy atom. The van der Waals surface area contributed by atoms with Crippen molar-refractivity contribution in [1.29, 1.82) is 0 Å². The van der Waals surface area contributed by atoms with E-state index in [1.807, 2.05) is 24.4 Å². The lowest BCUT2D eigenvalue weighted by atomic mass is 10.1. The summed E-state index contributed by atoms with van der Waals surface area (Å²) in [6.07, 6.45) is 1.81. The minimum Gasteiger partial charge on any atom is -0.377 e. The molecule has 0 atom stereocenters. The van der Waals surface area contributed by atoms with E-state index in [0.29, 0.717) is 23.1 Å². The number of methoxy groups -OCH3 is 1. The molecule has 0 saturated heterocycles. The van der Waals surface area contributed by atoms with Gasteiger partial charge in [0.05, 0.1) is 11.1 Å². The van der Waals surface area contributed by atoms with Crippen LogP contribution in [0.2, 0.25) is 0 Å². The summed E-state index contributed by atoms with van der Waals surface area (Å²) in [5.41, 5.74) is 1.39. The highest BCUT2D eigenvalue weighted by molar-refractivity contribution is 7.09. The number of amides is 1. The second-order valence-corrected chi connectivity index (χ2v) is 4.90. The second-order valence-electron chi connectivity index (χ2n) is 4.15. The summed E-state index contributed by atoms with van der Waals surface area (Å²) >= 11 is 1.14. The zero-order chi connectivity index (χ0) is 13.9. The van der Waals surface area contributed by atoms with Crippen LogP contribution < -0.4 is 5.32 Å². The monoisotopic (exact) mass is 288 g/mol. The maximum atomic E-state index is 12.3. The van der Waals surface area contributed by atoms with Crippen LogP contribution in [0.5, 0.6) is 0 Å². The van der Waals surface area contributed by atoms with Gasteiger partial charge < -0.3 is 9.72 Å². The van der Waals surface area contributed by atoms with E-state index >= 15 is 0 Å². The Labute approximate surface area is 119 Å². The molecule has 0 aliphatic heterocycles. The summed E-state index contributed by atoms with van der Waals surface area (Å²) in [5, 5.41) is 4.21. The molecule has 3 rings (SSSR count). The van der Waals surface area contributed by atoms with Gasteiger partial charge in [-0.05, 0) is 12.1 Å². The van der Waals surface area contributed by atoms with Crippen molar-refractivity contribution in [3.05, 3.63) is 41.9 Å². The minimum atomic E-state index is -0.210. The number of nitrogens with one attached hydrogen (secondary N) is 2. The highest BCUT2D eigenvalue weighted by atomic mass is 32.1. The molecule has 0 aliphatic rings. The summed E-state index contributed by atoms with van der Waals surface area (Å²) in [6.45, 7) is 0.332. The Kier molecular flexibility index (Phi) is 3.44. The standard InChI is InChI=1S/C13H12N4O2S/c1-19-7-10-15-13(20-17-10)16-12(18)9-4-2-3-8-5-6-14-11(8)9/h2-6,14H,7H2,1H3,(H,15,16,17,18). The van der Waals surface area contributed by atoms with Crippen LogP contribution in [0, 0.1) is 0 Å². The van der Waals surface area contributed by atoms with Crippen molar-refractivity contribution in [1.82, 2.24) is 14.3 Å². The zero-order valence-corrected chi connectivity index (χ0v) is 11.5. The normalized spacial score (nSPS) is 10.8. The van der Waals surface area contributed by atoms with Crippen LogP contribution in [-0.2, 0) is 11.3 Å². The highest BCUT2D eigenvalue weighted by Crippen LogP contribution is 2.19. The van der Waals surface area contributed by atoms with E-state index in [4.69, 9.17) is 4.74 Å². The quantitative estimate of drug-likeness (QED) is 0.772. The smallest absolute Gasteiger partial charge is 0.259 e. The van der Waals surface area contributed by atoms with Crippen molar-refractivity contribution in [2.75, 3.05) is 12.4 Å². The number of carbonyl (C=O) groups is 1. The first-order valence-corrected chi connectivity index (χ1v) is 6.74. The first-order valence-electron chi connectivity index (χ1n) is 5.97. The van der Waals surface area contributed by atoms with Crippen LogP contribution in [0.1, 0.15) is 16.2 Å². The van der Waals surface area contributed by atoms with Gasteiger partial charge in [0.1, 0.15) is 6.61 Å².